The van der Waals surface area contributed by atoms with Crippen molar-refractivity contribution in [1.29, 1.82) is 0 Å². The molecule has 0 aliphatic heterocycles. The zero-order chi connectivity index (χ0) is 9.68. The predicted octanol–water partition coefficient (Wildman–Crippen LogP) is 2.10. The van der Waals surface area contributed by atoms with Crippen LogP contribution in [0.1, 0.15) is 18.1 Å². The van der Waals surface area contributed by atoms with Crippen LogP contribution in [0.5, 0.6) is 0 Å². The minimum Gasteiger partial charge on any atom is -0.335 e. The van der Waals surface area contributed by atoms with Crippen LogP contribution in [0.15, 0.2) is 30.5 Å². The Hall–Kier alpha value is -1.57. The molecule has 0 radical (unpaired) electrons. The first-order valence-corrected chi connectivity index (χ1v) is 4.18. The van der Waals surface area contributed by atoms with Gasteiger partial charge in [-0.2, -0.15) is 0 Å². The lowest BCUT2D eigenvalue weighted by Gasteiger charge is -2.04. The summed E-state index contributed by atoms with van der Waals surface area (Å²) in [6, 6.07) is 8.07. The summed E-state index contributed by atoms with van der Waals surface area (Å²) in [6.45, 7) is 4.02. The molecular weight excluding hydrogens is 162 g/mol. The fourth-order valence-electron chi connectivity index (χ4n) is 1.25. The first-order chi connectivity index (χ1) is 6.25. The van der Waals surface area contributed by atoms with Gasteiger partial charge >= 0.3 is 0 Å². The number of carbonyl (C=O) groups excluding carboxylic acids is 1. The van der Waals surface area contributed by atoms with Gasteiger partial charge in [0.2, 0.25) is 6.41 Å². The fourth-order valence-corrected chi connectivity index (χ4v) is 1.25. The molecule has 0 aliphatic carbocycles. The topological polar surface area (TPSA) is 29.1 Å². The van der Waals surface area contributed by atoms with E-state index in [2.05, 4.69) is 5.32 Å². The molecule has 0 unspecified atom stereocenters. The highest BCUT2D eigenvalue weighted by molar-refractivity contribution is 5.68. The van der Waals surface area contributed by atoms with Gasteiger partial charge in [0.25, 0.3) is 0 Å². The lowest BCUT2D eigenvalue weighted by molar-refractivity contribution is -0.108. The van der Waals surface area contributed by atoms with E-state index < -0.39 is 0 Å². The number of hydrogen-bond donors (Lipinski definition) is 1. The standard InChI is InChI=1S/C11H13NO/c1-9-5-3-4-6-11(9)10(2)7-12-8-13/h3-8H,1-2H3,(H,12,13)/b10-7-. The molecule has 0 aromatic heterocycles. The van der Waals surface area contributed by atoms with E-state index in [4.69, 9.17) is 0 Å². The fraction of sp³-hybridized carbons (Fsp3) is 0.182. The zero-order valence-corrected chi connectivity index (χ0v) is 7.87. The molecule has 13 heavy (non-hydrogen) atoms. The third-order valence-corrected chi connectivity index (χ3v) is 1.94. The Labute approximate surface area is 78.3 Å². The van der Waals surface area contributed by atoms with Crippen LogP contribution in [0.25, 0.3) is 5.57 Å². The summed E-state index contributed by atoms with van der Waals surface area (Å²) in [5.74, 6) is 0. The average molecular weight is 175 g/mol. The molecule has 1 N–H and O–H groups in total. The average Bonchev–Trinajstić information content (AvgIpc) is 2.15. The molecule has 2 heteroatoms. The Balaban J connectivity index is 2.94. The van der Waals surface area contributed by atoms with Gasteiger partial charge in [0, 0.05) is 6.20 Å². The Kier molecular flexibility index (Phi) is 3.26. The second-order valence-corrected chi connectivity index (χ2v) is 2.93. The van der Waals surface area contributed by atoms with Gasteiger partial charge < -0.3 is 5.32 Å². The van der Waals surface area contributed by atoms with E-state index in [0.717, 1.165) is 11.1 Å². The van der Waals surface area contributed by atoms with E-state index in [-0.39, 0.29) is 0 Å². The SMILES string of the molecule is C/C(=C/NC=O)c1ccccc1C. The first kappa shape index (κ1) is 9.52. The van der Waals surface area contributed by atoms with Crippen molar-refractivity contribution in [1.82, 2.24) is 5.32 Å². The van der Waals surface area contributed by atoms with Crippen LogP contribution in [0.4, 0.5) is 0 Å². The molecular formula is C11H13NO. The molecule has 0 atom stereocenters. The van der Waals surface area contributed by atoms with Crippen molar-refractivity contribution in [2.75, 3.05) is 0 Å². The highest BCUT2D eigenvalue weighted by Gasteiger charge is 1.97. The molecule has 1 aromatic rings. The summed E-state index contributed by atoms with van der Waals surface area (Å²) in [4.78, 5) is 10.1. The monoisotopic (exact) mass is 175 g/mol. The van der Waals surface area contributed by atoms with E-state index in [1.54, 1.807) is 6.20 Å². The van der Waals surface area contributed by atoms with Gasteiger partial charge in [-0.25, -0.2) is 0 Å². The molecule has 1 aromatic carbocycles. The molecule has 0 bridgehead atoms. The van der Waals surface area contributed by atoms with Crippen molar-refractivity contribution >= 4 is 12.0 Å². The largest absolute Gasteiger partial charge is 0.335 e. The highest BCUT2D eigenvalue weighted by atomic mass is 16.1. The van der Waals surface area contributed by atoms with Crippen molar-refractivity contribution in [3.8, 4) is 0 Å². The van der Waals surface area contributed by atoms with Crippen LogP contribution in [0.3, 0.4) is 0 Å². The maximum Gasteiger partial charge on any atom is 0.211 e. The van der Waals surface area contributed by atoms with Crippen molar-refractivity contribution < 1.29 is 4.79 Å². The summed E-state index contributed by atoms with van der Waals surface area (Å²) in [5.41, 5.74) is 3.44. The van der Waals surface area contributed by atoms with Gasteiger partial charge in [-0.15, -0.1) is 0 Å². The number of carbonyl (C=O) groups is 1. The van der Waals surface area contributed by atoms with Crippen LogP contribution in [-0.4, -0.2) is 6.41 Å². The minimum absolute atomic E-state index is 0.668. The van der Waals surface area contributed by atoms with Crippen LogP contribution in [-0.2, 0) is 4.79 Å². The smallest absolute Gasteiger partial charge is 0.211 e. The quantitative estimate of drug-likeness (QED) is 0.700. The molecule has 0 aliphatic rings. The van der Waals surface area contributed by atoms with E-state index in [9.17, 15) is 4.79 Å². The summed E-state index contributed by atoms with van der Waals surface area (Å²) >= 11 is 0. The second kappa shape index (κ2) is 4.45. The van der Waals surface area contributed by atoms with Crippen molar-refractivity contribution in [2.24, 2.45) is 0 Å². The Morgan fingerprint density at radius 2 is 2.08 bits per heavy atom. The van der Waals surface area contributed by atoms with Gasteiger partial charge in [0.15, 0.2) is 0 Å². The first-order valence-electron chi connectivity index (χ1n) is 4.18. The molecule has 0 spiro atoms. The third-order valence-electron chi connectivity index (χ3n) is 1.94. The van der Waals surface area contributed by atoms with E-state index in [1.165, 1.54) is 5.56 Å². The van der Waals surface area contributed by atoms with E-state index in [1.807, 2.05) is 38.1 Å². The normalized spacial score (nSPS) is 11.1. The molecule has 0 saturated heterocycles. The van der Waals surface area contributed by atoms with Gasteiger partial charge in [-0.1, -0.05) is 24.3 Å². The molecule has 0 fully saturated rings. The van der Waals surface area contributed by atoms with Gasteiger partial charge in [-0.3, -0.25) is 4.79 Å². The minimum atomic E-state index is 0.668. The Morgan fingerprint density at radius 1 is 1.38 bits per heavy atom. The lowest BCUT2D eigenvalue weighted by Crippen LogP contribution is -2.00. The van der Waals surface area contributed by atoms with Crippen molar-refractivity contribution in [3.05, 3.63) is 41.6 Å². The van der Waals surface area contributed by atoms with Gasteiger partial charge in [0.1, 0.15) is 0 Å². The maximum atomic E-state index is 10.1. The van der Waals surface area contributed by atoms with Gasteiger partial charge in [0.05, 0.1) is 0 Å². The van der Waals surface area contributed by atoms with Crippen LogP contribution in [0, 0.1) is 6.92 Å². The highest BCUT2D eigenvalue weighted by Crippen LogP contribution is 2.16. The molecule has 0 heterocycles. The maximum absolute atomic E-state index is 10.1. The summed E-state index contributed by atoms with van der Waals surface area (Å²) in [7, 11) is 0. The Bertz CT molecular complexity index is 329. The predicted molar refractivity (Wildman–Crippen MR) is 54.0 cm³/mol. The van der Waals surface area contributed by atoms with Crippen molar-refractivity contribution in [2.45, 2.75) is 13.8 Å². The third kappa shape index (κ3) is 2.44. The van der Waals surface area contributed by atoms with Gasteiger partial charge in [-0.05, 0) is 30.5 Å². The molecule has 2 nitrogen and oxygen atoms in total. The number of allylic oxidation sites excluding steroid dienone is 1. The molecule has 1 rings (SSSR count). The molecule has 0 saturated carbocycles. The number of nitrogens with one attached hydrogen (secondary N) is 1. The Morgan fingerprint density at radius 3 is 2.69 bits per heavy atom. The number of rotatable bonds is 3. The molecule has 1 amide bonds. The summed E-state index contributed by atoms with van der Waals surface area (Å²) in [6.07, 6.45) is 2.37. The van der Waals surface area contributed by atoms with Crippen LogP contribution in [0.2, 0.25) is 0 Å². The second-order valence-electron chi connectivity index (χ2n) is 2.93. The number of benzene rings is 1. The number of amides is 1. The number of aryl methyl sites for hydroxylation is 1. The zero-order valence-electron chi connectivity index (χ0n) is 7.87. The van der Waals surface area contributed by atoms with Crippen LogP contribution < -0.4 is 5.32 Å². The number of hydrogen-bond acceptors (Lipinski definition) is 1. The van der Waals surface area contributed by atoms with Crippen molar-refractivity contribution in [3.63, 3.8) is 0 Å². The van der Waals surface area contributed by atoms with E-state index in [0.29, 0.717) is 6.41 Å². The molecule has 68 valence electrons. The summed E-state index contributed by atoms with van der Waals surface area (Å²) in [5, 5.41) is 2.53. The van der Waals surface area contributed by atoms with E-state index >= 15 is 0 Å². The summed E-state index contributed by atoms with van der Waals surface area (Å²) < 4.78 is 0. The lowest BCUT2D eigenvalue weighted by atomic mass is 10.0. The van der Waals surface area contributed by atoms with Crippen LogP contribution >= 0.6 is 0 Å².